The number of aromatic nitrogens is 1. The number of hydrogen-bond donors (Lipinski definition) is 0. The first-order valence-corrected chi connectivity index (χ1v) is 7.17. The molecule has 0 N–H and O–H groups in total. The van der Waals surface area contributed by atoms with Gasteiger partial charge in [-0.25, -0.2) is 0 Å². The van der Waals surface area contributed by atoms with Gasteiger partial charge in [-0.2, -0.15) is 0 Å². The molecule has 0 bridgehead atoms. The van der Waals surface area contributed by atoms with Crippen LogP contribution in [0.4, 0.5) is 5.69 Å². The SMILES string of the molecule is Cc1cccc(N2CCN(C(=O)c3cnoc3C)CC2)c1. The van der Waals surface area contributed by atoms with E-state index in [-0.39, 0.29) is 5.91 Å². The predicted octanol–water partition coefficient (Wildman–Crippen LogP) is 2.25. The van der Waals surface area contributed by atoms with Crippen molar-refractivity contribution in [3.05, 3.63) is 47.3 Å². The topological polar surface area (TPSA) is 49.6 Å². The molecule has 1 amide bonds. The van der Waals surface area contributed by atoms with Crippen molar-refractivity contribution >= 4 is 11.6 Å². The second kappa shape index (κ2) is 5.60. The second-order valence-corrected chi connectivity index (χ2v) is 5.41. The van der Waals surface area contributed by atoms with E-state index in [0.29, 0.717) is 11.3 Å². The largest absolute Gasteiger partial charge is 0.368 e. The second-order valence-electron chi connectivity index (χ2n) is 5.41. The Balaban J connectivity index is 1.65. The molecule has 5 heteroatoms. The highest BCUT2D eigenvalue weighted by Gasteiger charge is 2.24. The van der Waals surface area contributed by atoms with E-state index in [1.807, 2.05) is 4.90 Å². The van der Waals surface area contributed by atoms with Crippen molar-refractivity contribution in [2.24, 2.45) is 0 Å². The normalized spacial score (nSPS) is 15.3. The Kier molecular flexibility index (Phi) is 3.64. The van der Waals surface area contributed by atoms with Gasteiger partial charge in [0.15, 0.2) is 0 Å². The van der Waals surface area contributed by atoms with Crippen LogP contribution in [0.2, 0.25) is 0 Å². The molecule has 1 saturated heterocycles. The first-order valence-electron chi connectivity index (χ1n) is 7.17. The summed E-state index contributed by atoms with van der Waals surface area (Å²) in [6.45, 7) is 7.00. The van der Waals surface area contributed by atoms with Gasteiger partial charge in [0.1, 0.15) is 11.3 Å². The molecule has 1 aromatic heterocycles. The molecule has 5 nitrogen and oxygen atoms in total. The molecular formula is C16H19N3O2. The fourth-order valence-electron chi connectivity index (χ4n) is 2.67. The molecule has 2 heterocycles. The van der Waals surface area contributed by atoms with Gasteiger partial charge in [-0.3, -0.25) is 4.79 Å². The Hall–Kier alpha value is -2.30. The van der Waals surface area contributed by atoms with Crippen LogP contribution >= 0.6 is 0 Å². The van der Waals surface area contributed by atoms with Crippen LogP contribution in [0.3, 0.4) is 0 Å². The average Bonchev–Trinajstić information content (AvgIpc) is 2.93. The number of hydrogen-bond acceptors (Lipinski definition) is 4. The molecule has 0 aliphatic carbocycles. The lowest BCUT2D eigenvalue weighted by Gasteiger charge is -2.36. The fourth-order valence-corrected chi connectivity index (χ4v) is 2.67. The summed E-state index contributed by atoms with van der Waals surface area (Å²) in [5.41, 5.74) is 3.05. The van der Waals surface area contributed by atoms with Crippen LogP contribution < -0.4 is 4.90 Å². The van der Waals surface area contributed by atoms with Gasteiger partial charge >= 0.3 is 0 Å². The summed E-state index contributed by atoms with van der Waals surface area (Å²) in [5, 5.41) is 3.68. The van der Waals surface area contributed by atoms with Crippen LogP contribution in [-0.4, -0.2) is 42.1 Å². The van der Waals surface area contributed by atoms with Crippen molar-refractivity contribution in [1.82, 2.24) is 10.1 Å². The van der Waals surface area contributed by atoms with Crippen LogP contribution in [0.25, 0.3) is 0 Å². The maximum absolute atomic E-state index is 12.4. The number of amides is 1. The van der Waals surface area contributed by atoms with Crippen molar-refractivity contribution in [2.45, 2.75) is 13.8 Å². The van der Waals surface area contributed by atoms with Crippen molar-refractivity contribution < 1.29 is 9.32 Å². The summed E-state index contributed by atoms with van der Waals surface area (Å²) >= 11 is 0. The van der Waals surface area contributed by atoms with Gasteiger partial charge in [0, 0.05) is 31.9 Å². The van der Waals surface area contributed by atoms with Crippen molar-refractivity contribution in [3.8, 4) is 0 Å². The fraction of sp³-hybridized carbons (Fsp3) is 0.375. The van der Waals surface area contributed by atoms with Crippen LogP contribution in [0.1, 0.15) is 21.7 Å². The van der Waals surface area contributed by atoms with E-state index in [1.165, 1.54) is 17.4 Å². The summed E-state index contributed by atoms with van der Waals surface area (Å²) in [4.78, 5) is 16.6. The number of anilines is 1. The zero-order valence-corrected chi connectivity index (χ0v) is 12.4. The number of aryl methyl sites for hydroxylation is 2. The monoisotopic (exact) mass is 285 g/mol. The highest BCUT2D eigenvalue weighted by Crippen LogP contribution is 2.19. The van der Waals surface area contributed by atoms with Crippen LogP contribution in [0.15, 0.2) is 35.0 Å². The lowest BCUT2D eigenvalue weighted by atomic mass is 10.1. The highest BCUT2D eigenvalue weighted by molar-refractivity contribution is 5.94. The van der Waals surface area contributed by atoms with E-state index >= 15 is 0 Å². The lowest BCUT2D eigenvalue weighted by molar-refractivity contribution is 0.0745. The Labute approximate surface area is 124 Å². The molecule has 1 aromatic carbocycles. The molecule has 1 aliphatic heterocycles. The molecule has 1 aliphatic rings. The number of carbonyl (C=O) groups excluding carboxylic acids is 1. The number of carbonyl (C=O) groups is 1. The molecule has 3 rings (SSSR count). The van der Waals surface area contributed by atoms with E-state index in [2.05, 4.69) is 41.2 Å². The standard InChI is InChI=1S/C16H19N3O2/c1-12-4-3-5-14(10-12)18-6-8-19(9-7-18)16(20)15-11-17-21-13(15)2/h3-5,10-11H,6-9H2,1-2H3. The highest BCUT2D eigenvalue weighted by atomic mass is 16.5. The molecule has 21 heavy (non-hydrogen) atoms. The van der Waals surface area contributed by atoms with Crippen molar-refractivity contribution in [2.75, 3.05) is 31.1 Å². The first kappa shape index (κ1) is 13.7. The minimum Gasteiger partial charge on any atom is -0.368 e. The van der Waals surface area contributed by atoms with Gasteiger partial charge in [0.05, 0.1) is 6.20 Å². The van der Waals surface area contributed by atoms with Crippen LogP contribution in [0, 0.1) is 13.8 Å². The number of piperazine rings is 1. The smallest absolute Gasteiger partial charge is 0.259 e. The third-order valence-electron chi connectivity index (χ3n) is 3.91. The van der Waals surface area contributed by atoms with Crippen molar-refractivity contribution in [1.29, 1.82) is 0 Å². The summed E-state index contributed by atoms with van der Waals surface area (Å²) < 4.78 is 4.97. The Morgan fingerprint density at radius 1 is 1.19 bits per heavy atom. The summed E-state index contributed by atoms with van der Waals surface area (Å²) in [6.07, 6.45) is 1.50. The minimum atomic E-state index is 0.0117. The quantitative estimate of drug-likeness (QED) is 0.849. The Morgan fingerprint density at radius 2 is 1.95 bits per heavy atom. The van der Waals surface area contributed by atoms with Crippen LogP contribution in [0.5, 0.6) is 0 Å². The van der Waals surface area contributed by atoms with Gasteiger partial charge in [0.25, 0.3) is 5.91 Å². The Morgan fingerprint density at radius 3 is 2.57 bits per heavy atom. The van der Waals surface area contributed by atoms with E-state index in [9.17, 15) is 4.79 Å². The summed E-state index contributed by atoms with van der Waals surface area (Å²) in [6, 6.07) is 8.47. The summed E-state index contributed by atoms with van der Waals surface area (Å²) in [5.74, 6) is 0.596. The van der Waals surface area contributed by atoms with Crippen molar-refractivity contribution in [3.63, 3.8) is 0 Å². The van der Waals surface area contributed by atoms with E-state index < -0.39 is 0 Å². The molecule has 0 unspecified atom stereocenters. The number of nitrogens with zero attached hydrogens (tertiary/aromatic N) is 3. The zero-order valence-electron chi connectivity index (χ0n) is 12.4. The molecule has 0 radical (unpaired) electrons. The molecule has 0 saturated carbocycles. The summed E-state index contributed by atoms with van der Waals surface area (Å²) in [7, 11) is 0. The van der Waals surface area contributed by atoms with Gasteiger partial charge in [-0.1, -0.05) is 17.3 Å². The molecular weight excluding hydrogens is 266 g/mol. The number of benzene rings is 1. The Bertz CT molecular complexity index is 642. The van der Waals surface area contributed by atoms with Gasteiger partial charge in [0.2, 0.25) is 0 Å². The van der Waals surface area contributed by atoms with Gasteiger partial charge < -0.3 is 14.3 Å². The molecule has 1 fully saturated rings. The average molecular weight is 285 g/mol. The number of rotatable bonds is 2. The maximum Gasteiger partial charge on any atom is 0.259 e. The van der Waals surface area contributed by atoms with E-state index in [0.717, 1.165) is 26.2 Å². The third-order valence-corrected chi connectivity index (χ3v) is 3.91. The van der Waals surface area contributed by atoms with E-state index in [4.69, 9.17) is 4.52 Å². The minimum absolute atomic E-state index is 0.0117. The lowest BCUT2D eigenvalue weighted by Crippen LogP contribution is -2.48. The first-order chi connectivity index (χ1) is 10.1. The zero-order chi connectivity index (χ0) is 14.8. The van der Waals surface area contributed by atoms with Crippen LogP contribution in [-0.2, 0) is 0 Å². The molecule has 0 spiro atoms. The third kappa shape index (κ3) is 2.77. The van der Waals surface area contributed by atoms with E-state index in [1.54, 1.807) is 6.92 Å². The van der Waals surface area contributed by atoms with Gasteiger partial charge in [-0.15, -0.1) is 0 Å². The predicted molar refractivity (Wildman–Crippen MR) is 80.5 cm³/mol. The molecule has 0 atom stereocenters. The van der Waals surface area contributed by atoms with Gasteiger partial charge in [-0.05, 0) is 31.5 Å². The maximum atomic E-state index is 12.4. The molecule has 110 valence electrons. The molecule has 2 aromatic rings.